The van der Waals surface area contributed by atoms with Crippen LogP contribution in [-0.2, 0) is 4.79 Å². The number of hydrogen-bond donors (Lipinski definition) is 2. The third kappa shape index (κ3) is 6.06. The van der Waals surface area contributed by atoms with E-state index in [2.05, 4.69) is 12.2 Å². The van der Waals surface area contributed by atoms with Crippen molar-refractivity contribution >= 4 is 5.91 Å². The Morgan fingerprint density at radius 2 is 1.82 bits per heavy atom. The highest BCUT2D eigenvalue weighted by Crippen LogP contribution is 2.22. The van der Waals surface area contributed by atoms with Gasteiger partial charge in [0.05, 0.1) is 0 Å². The van der Waals surface area contributed by atoms with Crippen LogP contribution in [-0.4, -0.2) is 24.2 Å². The van der Waals surface area contributed by atoms with Crippen LogP contribution in [0.15, 0.2) is 0 Å². The van der Waals surface area contributed by atoms with Crippen molar-refractivity contribution in [1.29, 1.82) is 0 Å². The first-order chi connectivity index (χ1) is 8.24. The van der Waals surface area contributed by atoms with Gasteiger partial charge in [-0.05, 0) is 25.2 Å². The van der Waals surface area contributed by atoms with E-state index in [1.54, 1.807) is 0 Å². The van der Waals surface area contributed by atoms with Crippen molar-refractivity contribution in [2.45, 2.75) is 58.3 Å². The van der Waals surface area contributed by atoms with E-state index in [0.717, 1.165) is 19.3 Å². The summed E-state index contributed by atoms with van der Waals surface area (Å²) in [5.41, 5.74) is 0. The summed E-state index contributed by atoms with van der Waals surface area (Å²) in [6, 6.07) is 0. The summed E-state index contributed by atoms with van der Waals surface area (Å²) < 4.78 is 0. The van der Waals surface area contributed by atoms with E-state index >= 15 is 0 Å². The van der Waals surface area contributed by atoms with Crippen molar-refractivity contribution in [2.75, 3.05) is 13.2 Å². The Kier molecular flexibility index (Phi) is 7.25. The van der Waals surface area contributed by atoms with Gasteiger partial charge < -0.3 is 10.4 Å². The van der Waals surface area contributed by atoms with Gasteiger partial charge >= 0.3 is 0 Å². The molecule has 1 aliphatic rings. The van der Waals surface area contributed by atoms with Crippen LogP contribution < -0.4 is 5.32 Å². The molecule has 0 radical (unpaired) electrons. The number of nitrogens with one attached hydrogen (secondary N) is 1. The number of rotatable bonds is 5. The maximum atomic E-state index is 12.0. The number of carbonyl (C=O) groups excluding carboxylic acids is 1. The summed E-state index contributed by atoms with van der Waals surface area (Å²) in [5, 5.41) is 11.8. The van der Waals surface area contributed by atoms with Crippen molar-refractivity contribution < 1.29 is 9.90 Å². The maximum absolute atomic E-state index is 12.0. The molecule has 0 aromatic carbocycles. The van der Waals surface area contributed by atoms with Crippen LogP contribution in [0.2, 0.25) is 0 Å². The van der Waals surface area contributed by atoms with Gasteiger partial charge in [-0.1, -0.05) is 39.0 Å². The van der Waals surface area contributed by atoms with Crippen molar-refractivity contribution in [1.82, 2.24) is 5.32 Å². The van der Waals surface area contributed by atoms with E-state index < -0.39 is 0 Å². The lowest BCUT2D eigenvalue weighted by molar-refractivity contribution is -0.125. The molecule has 3 heteroatoms. The molecule has 0 aromatic heterocycles. The molecule has 1 rings (SSSR count). The Morgan fingerprint density at radius 1 is 1.24 bits per heavy atom. The zero-order chi connectivity index (χ0) is 12.5. The zero-order valence-corrected chi connectivity index (χ0v) is 11.1. The van der Waals surface area contributed by atoms with Crippen LogP contribution in [0.1, 0.15) is 58.3 Å². The molecule has 17 heavy (non-hydrogen) atoms. The van der Waals surface area contributed by atoms with E-state index in [4.69, 9.17) is 5.11 Å². The fourth-order valence-corrected chi connectivity index (χ4v) is 2.46. The SMILES string of the molecule is CC(CCO)CNC(=O)C1CCCCCCC1. The lowest BCUT2D eigenvalue weighted by Crippen LogP contribution is -2.34. The van der Waals surface area contributed by atoms with Crippen molar-refractivity contribution in [3.05, 3.63) is 0 Å². The van der Waals surface area contributed by atoms with Gasteiger partial charge in [-0.15, -0.1) is 0 Å². The summed E-state index contributed by atoms with van der Waals surface area (Å²) in [6.45, 7) is 2.98. The molecular weight excluding hydrogens is 214 g/mol. The second kappa shape index (κ2) is 8.51. The van der Waals surface area contributed by atoms with Crippen LogP contribution in [0.4, 0.5) is 0 Å². The highest BCUT2D eigenvalue weighted by molar-refractivity contribution is 5.78. The molecule has 0 aliphatic heterocycles. The molecule has 1 unspecified atom stereocenters. The first kappa shape index (κ1) is 14.5. The van der Waals surface area contributed by atoms with E-state index in [1.807, 2.05) is 0 Å². The molecule has 3 nitrogen and oxygen atoms in total. The van der Waals surface area contributed by atoms with Crippen molar-refractivity contribution in [2.24, 2.45) is 11.8 Å². The Morgan fingerprint density at radius 3 is 2.41 bits per heavy atom. The lowest BCUT2D eigenvalue weighted by Gasteiger charge is -2.20. The molecule has 1 aliphatic carbocycles. The molecule has 1 atom stereocenters. The van der Waals surface area contributed by atoms with E-state index in [-0.39, 0.29) is 18.4 Å². The van der Waals surface area contributed by atoms with Gasteiger partial charge in [0.15, 0.2) is 0 Å². The third-order valence-corrected chi connectivity index (χ3v) is 3.72. The predicted molar refractivity (Wildman–Crippen MR) is 69.7 cm³/mol. The van der Waals surface area contributed by atoms with E-state index in [1.165, 1.54) is 32.1 Å². The van der Waals surface area contributed by atoms with E-state index in [0.29, 0.717) is 12.5 Å². The molecule has 0 spiro atoms. The smallest absolute Gasteiger partial charge is 0.223 e. The first-order valence-corrected chi connectivity index (χ1v) is 7.12. The molecule has 1 fully saturated rings. The van der Waals surface area contributed by atoms with Crippen LogP contribution in [0, 0.1) is 11.8 Å². The first-order valence-electron chi connectivity index (χ1n) is 7.12. The average Bonchev–Trinajstić information content (AvgIpc) is 2.26. The van der Waals surface area contributed by atoms with Crippen molar-refractivity contribution in [3.63, 3.8) is 0 Å². The monoisotopic (exact) mass is 241 g/mol. The minimum atomic E-state index is 0.209. The molecule has 100 valence electrons. The summed E-state index contributed by atoms with van der Waals surface area (Å²) >= 11 is 0. The van der Waals surface area contributed by atoms with Gasteiger partial charge in [0.1, 0.15) is 0 Å². The molecule has 1 saturated carbocycles. The Hall–Kier alpha value is -0.570. The summed E-state index contributed by atoms with van der Waals surface area (Å²) in [5.74, 6) is 0.839. The topological polar surface area (TPSA) is 49.3 Å². The Balaban J connectivity index is 2.24. The molecule has 0 heterocycles. The number of aliphatic hydroxyl groups excluding tert-OH is 1. The fraction of sp³-hybridized carbons (Fsp3) is 0.929. The molecule has 0 bridgehead atoms. The van der Waals surface area contributed by atoms with Crippen LogP contribution >= 0.6 is 0 Å². The van der Waals surface area contributed by atoms with Gasteiger partial charge in [0, 0.05) is 19.1 Å². The number of carbonyl (C=O) groups is 1. The van der Waals surface area contributed by atoms with Gasteiger partial charge in [0.2, 0.25) is 5.91 Å². The standard InChI is InChI=1S/C14H27NO2/c1-12(9-10-16)11-15-14(17)13-7-5-3-2-4-6-8-13/h12-13,16H,2-11H2,1H3,(H,15,17). The minimum Gasteiger partial charge on any atom is -0.396 e. The molecule has 0 aromatic rings. The highest BCUT2D eigenvalue weighted by Gasteiger charge is 2.19. The summed E-state index contributed by atoms with van der Waals surface area (Å²) in [4.78, 5) is 12.0. The number of amides is 1. The van der Waals surface area contributed by atoms with Crippen LogP contribution in [0.5, 0.6) is 0 Å². The number of aliphatic hydroxyl groups is 1. The predicted octanol–water partition coefficient (Wildman–Crippen LogP) is 2.48. The fourth-order valence-electron chi connectivity index (χ4n) is 2.46. The molecule has 0 saturated heterocycles. The summed E-state index contributed by atoms with van der Waals surface area (Å²) in [7, 11) is 0. The van der Waals surface area contributed by atoms with Gasteiger partial charge in [-0.2, -0.15) is 0 Å². The maximum Gasteiger partial charge on any atom is 0.223 e. The second-order valence-electron chi connectivity index (χ2n) is 5.40. The quantitative estimate of drug-likeness (QED) is 0.777. The van der Waals surface area contributed by atoms with Crippen molar-refractivity contribution in [3.8, 4) is 0 Å². The number of hydrogen-bond acceptors (Lipinski definition) is 2. The molecule has 2 N–H and O–H groups in total. The second-order valence-corrected chi connectivity index (χ2v) is 5.40. The van der Waals surface area contributed by atoms with Crippen LogP contribution in [0.3, 0.4) is 0 Å². The minimum absolute atomic E-state index is 0.209. The zero-order valence-electron chi connectivity index (χ0n) is 11.1. The molecular formula is C14H27NO2. The van der Waals surface area contributed by atoms with Gasteiger partial charge in [-0.3, -0.25) is 4.79 Å². The highest BCUT2D eigenvalue weighted by atomic mass is 16.3. The Bertz CT molecular complexity index is 210. The Labute approximate surface area is 105 Å². The largest absolute Gasteiger partial charge is 0.396 e. The summed E-state index contributed by atoms with van der Waals surface area (Å²) in [6.07, 6.45) is 9.18. The normalized spacial score (nSPS) is 20.4. The third-order valence-electron chi connectivity index (χ3n) is 3.72. The van der Waals surface area contributed by atoms with Gasteiger partial charge in [-0.25, -0.2) is 0 Å². The lowest BCUT2D eigenvalue weighted by atomic mass is 9.90. The van der Waals surface area contributed by atoms with E-state index in [9.17, 15) is 4.79 Å². The average molecular weight is 241 g/mol. The molecule has 1 amide bonds. The van der Waals surface area contributed by atoms with Crippen LogP contribution in [0.25, 0.3) is 0 Å². The van der Waals surface area contributed by atoms with Gasteiger partial charge in [0.25, 0.3) is 0 Å².